The van der Waals surface area contributed by atoms with Crippen molar-refractivity contribution in [3.63, 3.8) is 0 Å². The van der Waals surface area contributed by atoms with Crippen LogP contribution in [0.15, 0.2) is 30.3 Å². The maximum absolute atomic E-state index is 13.2. The van der Waals surface area contributed by atoms with Gasteiger partial charge in [-0.25, -0.2) is 0 Å². The zero-order valence-electron chi connectivity index (χ0n) is 17.9. The molecule has 4 atom stereocenters. The molecule has 0 aromatic heterocycles. The van der Waals surface area contributed by atoms with E-state index in [1.54, 1.807) is 0 Å². The first-order valence-electron chi connectivity index (χ1n) is 9.59. The van der Waals surface area contributed by atoms with E-state index in [2.05, 4.69) is 33.9 Å². The van der Waals surface area contributed by atoms with Crippen LogP contribution >= 0.6 is 0 Å². The third-order valence-electron chi connectivity index (χ3n) is 5.54. The van der Waals surface area contributed by atoms with Crippen LogP contribution in [0, 0.1) is 0 Å². The summed E-state index contributed by atoms with van der Waals surface area (Å²) in [5, 5.41) is -0.0278. The molecule has 0 bridgehead atoms. The summed E-state index contributed by atoms with van der Waals surface area (Å²) in [6, 6.07) is 9.99. The summed E-state index contributed by atoms with van der Waals surface area (Å²) in [6.45, 7) is 12.1. The van der Waals surface area contributed by atoms with E-state index in [1.807, 2.05) is 30.3 Å². The SMILES string of the molecule is CO[C@@H]1C(=O)C([Se]c2ccccc2)C[C@H](OC(C)=O)[C@H]1O[Si](C)(C)C(C)(C)C. The molecule has 1 fully saturated rings. The van der Waals surface area contributed by atoms with Gasteiger partial charge < -0.3 is 0 Å². The van der Waals surface area contributed by atoms with Crippen molar-refractivity contribution in [2.75, 3.05) is 7.11 Å². The molecule has 7 heteroatoms. The number of ether oxygens (including phenoxy) is 2. The summed E-state index contributed by atoms with van der Waals surface area (Å²) in [7, 11) is -0.652. The quantitative estimate of drug-likeness (QED) is 0.471. The Morgan fingerprint density at radius 1 is 1.18 bits per heavy atom. The third-order valence-corrected chi connectivity index (χ3v) is 12.6. The second-order valence-electron chi connectivity index (χ2n) is 8.70. The third kappa shape index (κ3) is 5.54. The molecule has 0 heterocycles. The molecule has 0 saturated heterocycles. The van der Waals surface area contributed by atoms with Crippen LogP contribution in [0.3, 0.4) is 0 Å². The van der Waals surface area contributed by atoms with Crippen molar-refractivity contribution < 1.29 is 23.5 Å². The molecule has 0 N–H and O–H groups in total. The second-order valence-corrected chi connectivity index (χ2v) is 16.1. The molecule has 2 rings (SSSR count). The van der Waals surface area contributed by atoms with Gasteiger partial charge in [0.15, 0.2) is 0 Å². The van der Waals surface area contributed by atoms with Gasteiger partial charge in [0, 0.05) is 0 Å². The van der Waals surface area contributed by atoms with E-state index < -0.39 is 26.6 Å². The van der Waals surface area contributed by atoms with Crippen LogP contribution in [-0.2, 0) is 23.5 Å². The first-order chi connectivity index (χ1) is 13.0. The maximum atomic E-state index is 13.2. The Morgan fingerprint density at radius 2 is 1.79 bits per heavy atom. The molecule has 0 radical (unpaired) electrons. The number of hydrogen-bond donors (Lipinski definition) is 0. The molecule has 156 valence electrons. The first-order valence-corrected chi connectivity index (χ1v) is 14.3. The van der Waals surface area contributed by atoms with E-state index in [1.165, 1.54) is 14.0 Å². The Balaban J connectivity index is 2.31. The Labute approximate surface area is 175 Å². The van der Waals surface area contributed by atoms with Crippen molar-refractivity contribution in [1.82, 2.24) is 0 Å². The number of hydrogen-bond acceptors (Lipinski definition) is 5. The fraction of sp³-hybridized carbons (Fsp3) is 0.619. The summed E-state index contributed by atoms with van der Waals surface area (Å²) in [6.07, 6.45) is -1.29. The van der Waals surface area contributed by atoms with Gasteiger partial charge in [-0.3, -0.25) is 0 Å². The van der Waals surface area contributed by atoms with Gasteiger partial charge in [0.05, 0.1) is 0 Å². The van der Waals surface area contributed by atoms with E-state index in [-0.39, 0.29) is 36.6 Å². The molecule has 1 aliphatic carbocycles. The number of carbonyl (C=O) groups is 2. The molecule has 5 nitrogen and oxygen atoms in total. The van der Waals surface area contributed by atoms with Crippen molar-refractivity contribution in [3.05, 3.63) is 30.3 Å². The van der Waals surface area contributed by atoms with Crippen LogP contribution in [0.2, 0.25) is 22.9 Å². The van der Waals surface area contributed by atoms with Gasteiger partial charge in [-0.15, -0.1) is 0 Å². The van der Waals surface area contributed by atoms with Crippen LogP contribution in [0.5, 0.6) is 0 Å². The average molecular weight is 472 g/mol. The summed E-state index contributed by atoms with van der Waals surface area (Å²) < 4.78 is 19.0. The van der Waals surface area contributed by atoms with E-state index in [9.17, 15) is 9.59 Å². The van der Waals surface area contributed by atoms with E-state index in [4.69, 9.17) is 13.9 Å². The summed E-state index contributed by atoms with van der Waals surface area (Å²) in [4.78, 5) is 24.8. The molecule has 1 aromatic carbocycles. The Bertz CT molecular complexity index is 686. The van der Waals surface area contributed by atoms with Crippen LogP contribution in [0.4, 0.5) is 0 Å². The van der Waals surface area contributed by atoms with Crippen LogP contribution in [0.25, 0.3) is 0 Å². The number of Topliss-reactive ketones (excluding diaryl/α,β-unsaturated/α-hetero) is 1. The summed E-state index contributed by atoms with van der Waals surface area (Å²) in [5.41, 5.74) is 0. The fourth-order valence-corrected chi connectivity index (χ4v) is 6.79. The summed E-state index contributed by atoms with van der Waals surface area (Å²) >= 11 is -0.0601. The molecule has 28 heavy (non-hydrogen) atoms. The van der Waals surface area contributed by atoms with Crippen molar-refractivity contribution in [3.8, 4) is 0 Å². The number of methoxy groups -OCH3 is 1. The van der Waals surface area contributed by atoms with Gasteiger partial charge in [0.2, 0.25) is 0 Å². The standard InChI is InChI=1S/C21H32O5SeSi/c1-14(22)25-16-13-17(27-15-11-9-8-10-12-15)18(23)20(24-5)19(16)26-28(6,7)21(2,3)4/h8-12,16-17,19-20H,13H2,1-7H3/t16-,17?,19+,20+/m0/s1. The number of rotatable bonds is 6. The van der Waals surface area contributed by atoms with Crippen molar-refractivity contribution in [1.29, 1.82) is 0 Å². The summed E-state index contributed by atoms with van der Waals surface area (Å²) in [5.74, 6) is -0.303. The monoisotopic (exact) mass is 472 g/mol. The molecular weight excluding hydrogens is 439 g/mol. The van der Waals surface area contributed by atoms with Gasteiger partial charge in [-0.1, -0.05) is 0 Å². The normalized spacial score (nSPS) is 26.2. The van der Waals surface area contributed by atoms with Crippen molar-refractivity contribution in [2.45, 2.75) is 75.4 Å². The Morgan fingerprint density at radius 3 is 2.29 bits per heavy atom. The number of benzene rings is 1. The van der Waals surface area contributed by atoms with Gasteiger partial charge in [-0.2, -0.15) is 0 Å². The first kappa shape index (κ1) is 23.3. The minimum atomic E-state index is -2.19. The zero-order chi connectivity index (χ0) is 21.1. The Kier molecular flexibility index (Phi) is 7.67. The minimum absolute atomic E-state index is 0.0278. The topological polar surface area (TPSA) is 61.8 Å². The van der Waals surface area contributed by atoms with E-state index >= 15 is 0 Å². The van der Waals surface area contributed by atoms with Gasteiger partial charge in [0.1, 0.15) is 0 Å². The van der Waals surface area contributed by atoms with Gasteiger partial charge in [0.25, 0.3) is 0 Å². The van der Waals surface area contributed by atoms with Crippen LogP contribution in [0.1, 0.15) is 34.1 Å². The number of esters is 1. The molecule has 0 aliphatic heterocycles. The predicted molar refractivity (Wildman–Crippen MR) is 114 cm³/mol. The molecule has 0 amide bonds. The molecule has 1 unspecified atom stereocenters. The number of carbonyl (C=O) groups excluding carboxylic acids is 2. The van der Waals surface area contributed by atoms with Gasteiger partial charge >= 0.3 is 176 Å². The second kappa shape index (κ2) is 9.22. The van der Waals surface area contributed by atoms with E-state index in [0.29, 0.717) is 6.42 Å². The molecule has 1 aromatic rings. The molecule has 1 aliphatic rings. The van der Waals surface area contributed by atoms with Crippen LogP contribution in [-0.4, -0.2) is 60.4 Å². The average Bonchev–Trinajstić information content (AvgIpc) is 2.58. The van der Waals surface area contributed by atoms with Gasteiger partial charge in [-0.05, 0) is 0 Å². The van der Waals surface area contributed by atoms with Crippen molar-refractivity contribution >= 4 is 39.5 Å². The fourth-order valence-electron chi connectivity index (χ4n) is 3.00. The predicted octanol–water partition coefficient (Wildman–Crippen LogP) is 3.11. The van der Waals surface area contributed by atoms with Crippen molar-refractivity contribution in [2.24, 2.45) is 0 Å². The zero-order valence-corrected chi connectivity index (χ0v) is 20.6. The molecular formula is C21H32O5SeSi. The van der Waals surface area contributed by atoms with E-state index in [0.717, 1.165) is 4.46 Å². The Hall–Kier alpha value is -0.984. The number of ketones is 1. The molecule has 1 saturated carbocycles. The van der Waals surface area contributed by atoms with Crippen LogP contribution < -0.4 is 4.46 Å². The molecule has 0 spiro atoms.